The summed E-state index contributed by atoms with van der Waals surface area (Å²) in [6.07, 6.45) is 0. The van der Waals surface area contributed by atoms with Gasteiger partial charge >= 0.3 is 0 Å². The summed E-state index contributed by atoms with van der Waals surface area (Å²) in [6.45, 7) is 2.09. The first-order chi connectivity index (χ1) is 8.74. The number of rotatable bonds is 1. The molecule has 1 heterocycles. The molecule has 0 fully saturated rings. The smallest absolute Gasteiger partial charge is 0.124 e. The molecule has 3 heteroatoms. The molecule has 3 rings (SSSR count). The number of hydrogen-bond donors (Lipinski definition) is 1. The topological polar surface area (TPSA) is 38.9 Å². The maximum atomic E-state index is 5.78. The first-order valence-corrected chi connectivity index (χ1v) is 5.96. The number of aromatic nitrogens is 1. The van der Waals surface area contributed by atoms with E-state index in [0.29, 0.717) is 5.82 Å². The number of nitrogens with zero attached hydrogens (tertiary/aromatic N) is 1. The van der Waals surface area contributed by atoms with Crippen molar-refractivity contribution in [3.05, 3.63) is 60.2 Å². The molecule has 0 atom stereocenters. The average molecular weight is 300 g/mol. The summed E-state index contributed by atoms with van der Waals surface area (Å²) < 4.78 is 0. The van der Waals surface area contributed by atoms with E-state index in [0.717, 1.165) is 16.5 Å². The summed E-state index contributed by atoms with van der Waals surface area (Å²) in [6, 6.07) is 18.5. The minimum absolute atomic E-state index is 0. The van der Waals surface area contributed by atoms with Crippen LogP contribution in [0.3, 0.4) is 0 Å². The Labute approximate surface area is 125 Å². The molecule has 0 aliphatic heterocycles. The van der Waals surface area contributed by atoms with Crippen LogP contribution in [-0.2, 0) is 19.5 Å². The third-order valence-corrected chi connectivity index (χ3v) is 3.10. The fourth-order valence-corrected chi connectivity index (χ4v) is 2.13. The van der Waals surface area contributed by atoms with E-state index in [9.17, 15) is 0 Å². The van der Waals surface area contributed by atoms with E-state index in [1.54, 1.807) is 0 Å². The van der Waals surface area contributed by atoms with Gasteiger partial charge in [-0.1, -0.05) is 48.0 Å². The van der Waals surface area contributed by atoms with Crippen LogP contribution in [0.25, 0.3) is 22.0 Å². The predicted molar refractivity (Wildman–Crippen MR) is 76.3 cm³/mol. The zero-order valence-corrected chi connectivity index (χ0v) is 13.9. The molecule has 2 N–H and O–H groups in total. The molecule has 0 radical (unpaired) electrons. The van der Waals surface area contributed by atoms with Gasteiger partial charge in [0.2, 0.25) is 0 Å². The van der Waals surface area contributed by atoms with Gasteiger partial charge in [0.05, 0.1) is 5.52 Å². The van der Waals surface area contributed by atoms with Gasteiger partial charge in [0.1, 0.15) is 5.82 Å². The van der Waals surface area contributed by atoms with Crippen molar-refractivity contribution in [1.29, 1.82) is 0 Å². The Hall–Kier alpha value is -1.73. The van der Waals surface area contributed by atoms with Crippen molar-refractivity contribution in [2.24, 2.45) is 0 Å². The van der Waals surface area contributed by atoms with Crippen LogP contribution < -0.4 is 5.73 Å². The van der Waals surface area contributed by atoms with Crippen LogP contribution in [-0.4, -0.2) is 4.98 Å². The van der Waals surface area contributed by atoms with Gasteiger partial charge < -0.3 is 5.73 Å². The van der Waals surface area contributed by atoms with E-state index >= 15 is 0 Å². The van der Waals surface area contributed by atoms with Crippen LogP contribution in [0, 0.1) is 6.92 Å². The molecule has 2 nitrogen and oxygen atoms in total. The van der Waals surface area contributed by atoms with E-state index in [2.05, 4.69) is 54.4 Å². The van der Waals surface area contributed by atoms with Crippen LogP contribution >= 0.6 is 0 Å². The molecule has 2 aromatic carbocycles. The van der Waals surface area contributed by atoms with Crippen LogP contribution in [0.4, 0.5) is 5.82 Å². The van der Waals surface area contributed by atoms with Crippen molar-refractivity contribution in [3.63, 3.8) is 0 Å². The van der Waals surface area contributed by atoms with Gasteiger partial charge in [-0.2, -0.15) is 0 Å². The number of nitrogens with two attached hydrogens (primary N) is 1. The molecular formula is C16H14N2Zn. The Balaban J connectivity index is 0.00000133. The first kappa shape index (κ1) is 13.7. The van der Waals surface area contributed by atoms with Crippen LogP contribution in [0.5, 0.6) is 0 Å². The van der Waals surface area contributed by atoms with E-state index in [1.165, 1.54) is 11.1 Å². The molecule has 0 saturated carbocycles. The number of nitrogen functional groups attached to an aromatic ring is 1. The van der Waals surface area contributed by atoms with E-state index in [-0.39, 0.29) is 19.5 Å². The summed E-state index contributed by atoms with van der Waals surface area (Å²) in [7, 11) is 0. The molecule has 90 valence electrons. The van der Waals surface area contributed by atoms with Gasteiger partial charge in [0.15, 0.2) is 0 Å². The molecule has 0 amide bonds. The molecule has 0 spiro atoms. The minimum atomic E-state index is 0. The number of para-hydroxylation sites is 1. The number of anilines is 1. The monoisotopic (exact) mass is 298 g/mol. The standard InChI is InChI=1S/C16H14N2.Zn/c1-11-5-7-12(8-6-11)14-4-2-3-13-9-10-15(17)18-16(13)14;/h2-10H,1H3,(H2,17,18);. The fourth-order valence-electron chi connectivity index (χ4n) is 2.13. The third-order valence-electron chi connectivity index (χ3n) is 3.10. The van der Waals surface area contributed by atoms with Gasteiger partial charge in [-0.15, -0.1) is 0 Å². The molecule has 0 aliphatic rings. The Morgan fingerprint density at radius 1 is 0.895 bits per heavy atom. The average Bonchev–Trinajstić information content (AvgIpc) is 2.39. The second-order valence-electron chi connectivity index (χ2n) is 4.48. The first-order valence-electron chi connectivity index (χ1n) is 5.96. The summed E-state index contributed by atoms with van der Waals surface area (Å²) >= 11 is 0. The number of aryl methyl sites for hydroxylation is 1. The van der Waals surface area contributed by atoms with E-state index < -0.39 is 0 Å². The second kappa shape index (κ2) is 5.50. The zero-order chi connectivity index (χ0) is 12.5. The quantitative estimate of drug-likeness (QED) is 0.694. The number of fused-ring (bicyclic) bond motifs is 1. The summed E-state index contributed by atoms with van der Waals surface area (Å²) in [5.74, 6) is 0.557. The Morgan fingerprint density at radius 3 is 2.37 bits per heavy atom. The van der Waals surface area contributed by atoms with Gasteiger partial charge in [0.25, 0.3) is 0 Å². The van der Waals surface area contributed by atoms with Crippen LogP contribution in [0.1, 0.15) is 5.56 Å². The molecule has 0 aliphatic carbocycles. The molecule has 0 unspecified atom stereocenters. The van der Waals surface area contributed by atoms with Crippen molar-refractivity contribution in [2.75, 3.05) is 5.73 Å². The summed E-state index contributed by atoms with van der Waals surface area (Å²) in [5, 5.41) is 1.11. The van der Waals surface area contributed by atoms with Crippen molar-refractivity contribution in [2.45, 2.75) is 6.92 Å². The van der Waals surface area contributed by atoms with Crippen molar-refractivity contribution in [1.82, 2.24) is 4.98 Å². The number of benzene rings is 2. The summed E-state index contributed by atoms with van der Waals surface area (Å²) in [5.41, 5.74) is 10.3. The Kier molecular flexibility index (Phi) is 3.97. The normalized spacial score (nSPS) is 10.2. The van der Waals surface area contributed by atoms with Crippen LogP contribution in [0.15, 0.2) is 54.6 Å². The predicted octanol–water partition coefficient (Wildman–Crippen LogP) is 3.79. The zero-order valence-electron chi connectivity index (χ0n) is 10.9. The second-order valence-corrected chi connectivity index (χ2v) is 4.48. The molecule has 3 aromatic rings. The number of pyridine rings is 1. The molecule has 19 heavy (non-hydrogen) atoms. The maximum Gasteiger partial charge on any atom is 0.124 e. The molecule has 1 aromatic heterocycles. The SMILES string of the molecule is Cc1ccc(-c2cccc3ccc(N)nc23)cc1.[Zn]. The van der Waals surface area contributed by atoms with Crippen LogP contribution in [0.2, 0.25) is 0 Å². The van der Waals surface area contributed by atoms with Crippen molar-refractivity contribution < 1.29 is 19.5 Å². The van der Waals surface area contributed by atoms with E-state index in [1.807, 2.05) is 12.1 Å². The molecule has 0 saturated heterocycles. The van der Waals surface area contributed by atoms with Gasteiger partial charge in [-0.3, -0.25) is 0 Å². The maximum absolute atomic E-state index is 5.78. The third kappa shape index (κ3) is 2.66. The van der Waals surface area contributed by atoms with Crippen molar-refractivity contribution in [3.8, 4) is 11.1 Å². The fraction of sp³-hybridized carbons (Fsp3) is 0.0625. The molecule has 0 bridgehead atoms. The number of hydrogen-bond acceptors (Lipinski definition) is 2. The summed E-state index contributed by atoms with van der Waals surface area (Å²) in [4.78, 5) is 4.45. The van der Waals surface area contributed by atoms with Crippen molar-refractivity contribution >= 4 is 16.7 Å². The minimum Gasteiger partial charge on any atom is -0.384 e. The van der Waals surface area contributed by atoms with Gasteiger partial charge in [-0.25, -0.2) is 4.98 Å². The van der Waals surface area contributed by atoms with Gasteiger partial charge in [0, 0.05) is 30.4 Å². The Morgan fingerprint density at radius 2 is 1.63 bits per heavy atom. The largest absolute Gasteiger partial charge is 0.384 e. The molecular weight excluding hydrogens is 286 g/mol. The van der Waals surface area contributed by atoms with Gasteiger partial charge in [-0.05, 0) is 24.6 Å². The Bertz CT molecular complexity index is 706. The van der Waals surface area contributed by atoms with E-state index in [4.69, 9.17) is 5.73 Å².